The molecule has 0 saturated heterocycles. The number of nitrogens with one attached hydrogen (secondary N) is 2. The quantitative estimate of drug-likeness (QED) is 0.658. The van der Waals surface area contributed by atoms with Gasteiger partial charge < -0.3 is 15.7 Å². The van der Waals surface area contributed by atoms with Gasteiger partial charge in [0.25, 0.3) is 11.8 Å². The van der Waals surface area contributed by atoms with Crippen LogP contribution in [0.3, 0.4) is 0 Å². The molecule has 2 amide bonds. The highest BCUT2D eigenvalue weighted by molar-refractivity contribution is 6.08. The summed E-state index contributed by atoms with van der Waals surface area (Å²) in [5.74, 6) is -1.47. The lowest BCUT2D eigenvalue weighted by Crippen LogP contribution is -2.24. The smallest absolute Gasteiger partial charge is 0.416 e. The fraction of sp³-hybridized carbons (Fsp3) is 0.263. The van der Waals surface area contributed by atoms with Crippen molar-refractivity contribution >= 4 is 17.5 Å². The third-order valence-corrected chi connectivity index (χ3v) is 3.79. The Morgan fingerprint density at radius 1 is 1.04 bits per heavy atom. The van der Waals surface area contributed by atoms with Crippen molar-refractivity contribution in [3.8, 4) is 5.75 Å². The van der Waals surface area contributed by atoms with E-state index in [0.29, 0.717) is 6.54 Å². The van der Waals surface area contributed by atoms with E-state index in [1.54, 1.807) is 0 Å². The lowest BCUT2D eigenvalue weighted by Gasteiger charge is -2.11. The number of benzene rings is 2. The van der Waals surface area contributed by atoms with E-state index in [1.165, 1.54) is 18.2 Å². The summed E-state index contributed by atoms with van der Waals surface area (Å²) in [5, 5.41) is 15.0. The van der Waals surface area contributed by atoms with Gasteiger partial charge in [0.05, 0.1) is 11.1 Å². The maximum absolute atomic E-state index is 12.6. The summed E-state index contributed by atoms with van der Waals surface area (Å²) in [6.45, 7) is 2.47. The number of hydrogen-bond acceptors (Lipinski definition) is 3. The van der Waals surface area contributed by atoms with E-state index in [0.717, 1.165) is 37.1 Å². The average molecular weight is 380 g/mol. The molecule has 0 unspecified atom stereocenters. The van der Waals surface area contributed by atoms with Gasteiger partial charge in [-0.1, -0.05) is 13.3 Å². The van der Waals surface area contributed by atoms with E-state index in [1.807, 2.05) is 6.92 Å². The molecule has 0 radical (unpaired) electrons. The van der Waals surface area contributed by atoms with Crippen LogP contribution in [0.15, 0.2) is 42.5 Å². The first kappa shape index (κ1) is 20.3. The van der Waals surface area contributed by atoms with E-state index < -0.39 is 17.6 Å². The third kappa shape index (κ3) is 5.47. The first-order chi connectivity index (χ1) is 12.7. The van der Waals surface area contributed by atoms with Gasteiger partial charge in [-0.15, -0.1) is 0 Å². The summed E-state index contributed by atoms with van der Waals surface area (Å²) >= 11 is 0. The molecule has 0 fully saturated rings. The van der Waals surface area contributed by atoms with Gasteiger partial charge in [-0.05, 0) is 48.9 Å². The van der Waals surface area contributed by atoms with Crippen molar-refractivity contribution in [3.63, 3.8) is 0 Å². The van der Waals surface area contributed by atoms with Crippen LogP contribution < -0.4 is 10.6 Å². The molecule has 0 aliphatic heterocycles. The Balaban J connectivity index is 2.13. The highest BCUT2D eigenvalue weighted by Gasteiger charge is 2.30. The van der Waals surface area contributed by atoms with Gasteiger partial charge in [-0.3, -0.25) is 9.59 Å². The topological polar surface area (TPSA) is 78.4 Å². The van der Waals surface area contributed by atoms with Crippen LogP contribution in [0, 0.1) is 0 Å². The molecular formula is C19H19F3N2O3. The summed E-state index contributed by atoms with van der Waals surface area (Å²) in [5.41, 5.74) is -0.668. The van der Waals surface area contributed by atoms with Crippen LogP contribution in [0.25, 0.3) is 0 Å². The maximum Gasteiger partial charge on any atom is 0.416 e. The average Bonchev–Trinajstić information content (AvgIpc) is 2.61. The second-order valence-electron chi connectivity index (χ2n) is 5.87. The zero-order chi connectivity index (χ0) is 20.0. The van der Waals surface area contributed by atoms with E-state index >= 15 is 0 Å². The second kappa shape index (κ2) is 8.57. The minimum absolute atomic E-state index is 0.130. The van der Waals surface area contributed by atoms with Crippen LogP contribution in [0.1, 0.15) is 46.0 Å². The number of rotatable bonds is 6. The normalized spacial score (nSPS) is 11.1. The molecule has 0 aromatic heterocycles. The molecule has 27 heavy (non-hydrogen) atoms. The molecule has 0 atom stereocenters. The number of carbonyl (C=O) groups excluding carboxylic acids is 2. The minimum atomic E-state index is -4.47. The van der Waals surface area contributed by atoms with Crippen LogP contribution in [0.4, 0.5) is 18.9 Å². The number of carbonyl (C=O) groups is 2. The zero-order valence-electron chi connectivity index (χ0n) is 14.6. The molecule has 3 N–H and O–H groups in total. The number of alkyl halides is 3. The largest absolute Gasteiger partial charge is 0.507 e. The molecule has 0 spiro atoms. The van der Waals surface area contributed by atoms with E-state index in [4.69, 9.17) is 0 Å². The molecule has 2 aromatic carbocycles. The zero-order valence-corrected chi connectivity index (χ0v) is 14.6. The molecule has 144 valence electrons. The van der Waals surface area contributed by atoms with Crippen molar-refractivity contribution in [2.75, 3.05) is 11.9 Å². The number of phenolic OH excluding ortho intramolecular Hbond substituents is 1. The number of unbranched alkanes of at least 4 members (excludes halogenated alkanes) is 1. The lowest BCUT2D eigenvalue weighted by molar-refractivity contribution is -0.137. The fourth-order valence-corrected chi connectivity index (χ4v) is 2.28. The Morgan fingerprint density at radius 3 is 2.30 bits per heavy atom. The van der Waals surface area contributed by atoms with E-state index in [9.17, 15) is 27.9 Å². The Kier molecular flexibility index (Phi) is 6.44. The first-order valence-corrected chi connectivity index (χ1v) is 8.32. The van der Waals surface area contributed by atoms with Crippen molar-refractivity contribution in [3.05, 3.63) is 59.2 Å². The van der Waals surface area contributed by atoms with Gasteiger partial charge in [0.1, 0.15) is 5.75 Å². The highest BCUT2D eigenvalue weighted by Crippen LogP contribution is 2.30. The predicted octanol–water partition coefficient (Wildman–Crippen LogP) is 4.19. The van der Waals surface area contributed by atoms with Crippen molar-refractivity contribution in [1.29, 1.82) is 0 Å². The molecule has 0 bridgehead atoms. The van der Waals surface area contributed by atoms with Gasteiger partial charge in [0, 0.05) is 17.8 Å². The van der Waals surface area contributed by atoms with Crippen LogP contribution in [0.2, 0.25) is 0 Å². The number of anilines is 1. The Hall–Kier alpha value is -3.03. The van der Waals surface area contributed by atoms with Gasteiger partial charge in [0.15, 0.2) is 0 Å². The molecule has 0 saturated carbocycles. The summed E-state index contributed by atoms with van der Waals surface area (Å²) in [4.78, 5) is 24.4. The van der Waals surface area contributed by atoms with E-state index in [2.05, 4.69) is 10.6 Å². The Labute approximate surface area is 154 Å². The Morgan fingerprint density at radius 2 is 1.70 bits per heavy atom. The molecule has 8 heteroatoms. The standard InChI is InChI=1S/C19H19F3N2O3/c1-2-3-10-23-17(26)12-4-9-16(25)15(11-12)18(27)24-14-7-5-13(6-8-14)19(20,21)22/h4-9,11,25H,2-3,10H2,1H3,(H,23,26)(H,24,27). The number of hydrogen-bond donors (Lipinski definition) is 3. The van der Waals surface area contributed by atoms with Gasteiger partial charge in [0.2, 0.25) is 0 Å². The van der Waals surface area contributed by atoms with Crippen LogP contribution in [-0.4, -0.2) is 23.5 Å². The van der Waals surface area contributed by atoms with Crippen LogP contribution in [0.5, 0.6) is 5.75 Å². The van der Waals surface area contributed by atoms with Crippen LogP contribution >= 0.6 is 0 Å². The number of aromatic hydroxyl groups is 1. The molecule has 0 aliphatic carbocycles. The maximum atomic E-state index is 12.6. The first-order valence-electron chi connectivity index (χ1n) is 8.32. The van der Waals surface area contributed by atoms with Crippen molar-refractivity contribution in [1.82, 2.24) is 5.32 Å². The van der Waals surface area contributed by atoms with Crippen molar-refractivity contribution in [2.24, 2.45) is 0 Å². The van der Waals surface area contributed by atoms with Crippen molar-refractivity contribution < 1.29 is 27.9 Å². The second-order valence-corrected chi connectivity index (χ2v) is 5.87. The highest BCUT2D eigenvalue weighted by atomic mass is 19.4. The third-order valence-electron chi connectivity index (χ3n) is 3.79. The fourth-order valence-electron chi connectivity index (χ4n) is 2.28. The number of halogens is 3. The summed E-state index contributed by atoms with van der Waals surface area (Å²) in [6, 6.07) is 7.73. The van der Waals surface area contributed by atoms with Gasteiger partial charge in [-0.25, -0.2) is 0 Å². The molecule has 5 nitrogen and oxygen atoms in total. The van der Waals surface area contributed by atoms with Gasteiger partial charge >= 0.3 is 6.18 Å². The predicted molar refractivity (Wildman–Crippen MR) is 94.7 cm³/mol. The minimum Gasteiger partial charge on any atom is -0.507 e. The summed E-state index contributed by atoms with van der Waals surface area (Å²) in [6.07, 6.45) is -2.75. The van der Waals surface area contributed by atoms with Crippen LogP contribution in [-0.2, 0) is 6.18 Å². The molecule has 0 heterocycles. The number of amides is 2. The monoisotopic (exact) mass is 380 g/mol. The number of phenols is 1. The van der Waals surface area contributed by atoms with Crippen molar-refractivity contribution in [2.45, 2.75) is 25.9 Å². The molecule has 0 aliphatic rings. The van der Waals surface area contributed by atoms with E-state index in [-0.39, 0.29) is 28.5 Å². The van der Waals surface area contributed by atoms with Gasteiger partial charge in [-0.2, -0.15) is 13.2 Å². The molecular weight excluding hydrogens is 361 g/mol. The molecule has 2 rings (SSSR count). The molecule has 2 aromatic rings. The summed E-state index contributed by atoms with van der Waals surface area (Å²) in [7, 11) is 0. The lowest BCUT2D eigenvalue weighted by atomic mass is 10.1. The Bertz CT molecular complexity index is 818. The summed E-state index contributed by atoms with van der Waals surface area (Å²) < 4.78 is 37.7. The SMILES string of the molecule is CCCCNC(=O)c1ccc(O)c(C(=O)Nc2ccc(C(F)(F)F)cc2)c1.